The number of methoxy groups -OCH3 is 1. The summed E-state index contributed by atoms with van der Waals surface area (Å²) in [5.41, 5.74) is 3.20. The summed E-state index contributed by atoms with van der Waals surface area (Å²) in [7, 11) is 3.12. The number of nitrogens with one attached hydrogen (secondary N) is 1. The zero-order valence-corrected chi connectivity index (χ0v) is 30.5. The number of fused-ring (bicyclic) bond motifs is 2. The van der Waals surface area contributed by atoms with Crippen LogP contribution in [0.15, 0.2) is 30.3 Å². The summed E-state index contributed by atoms with van der Waals surface area (Å²) in [6, 6.07) is 8.86. The minimum Gasteiger partial charge on any atom is -0.467 e. The van der Waals surface area contributed by atoms with Gasteiger partial charge in [-0.1, -0.05) is 55.2 Å². The van der Waals surface area contributed by atoms with Crippen molar-refractivity contribution < 1.29 is 29.0 Å². The average molecular weight is 692 g/mol. The summed E-state index contributed by atoms with van der Waals surface area (Å²) >= 11 is 12.8. The lowest BCUT2D eigenvalue weighted by Crippen LogP contribution is -2.44. The lowest BCUT2D eigenvalue weighted by molar-refractivity contribution is -0.143. The van der Waals surface area contributed by atoms with Crippen molar-refractivity contribution in [3.8, 4) is 0 Å². The summed E-state index contributed by atoms with van der Waals surface area (Å²) in [5, 5.41) is 18.9. The number of ether oxygens (including phenoxy) is 2. The number of halogens is 2. The highest BCUT2D eigenvalue weighted by Crippen LogP contribution is 2.37. The van der Waals surface area contributed by atoms with E-state index in [-0.39, 0.29) is 24.3 Å². The predicted octanol–water partition coefficient (Wildman–Crippen LogP) is 6.89. The molecule has 0 bridgehead atoms. The number of benzene rings is 2. The second-order valence-corrected chi connectivity index (χ2v) is 14.6. The third-order valence-corrected chi connectivity index (χ3v) is 8.57. The largest absolute Gasteiger partial charge is 0.467 e. The fourth-order valence-corrected chi connectivity index (χ4v) is 6.38. The molecule has 4 rings (SSSR count). The number of hydrogen-bond donors (Lipinski definition) is 2. The molecule has 2 unspecified atom stereocenters. The third kappa shape index (κ3) is 9.61. The molecule has 2 heterocycles. The molecule has 2 atom stereocenters. The van der Waals surface area contributed by atoms with Gasteiger partial charge < -0.3 is 24.8 Å². The molecular weight excluding hydrogens is 643 g/mol. The molecule has 2 aromatic carbocycles. The normalized spacial score (nSPS) is 15.4. The van der Waals surface area contributed by atoms with E-state index in [1.807, 2.05) is 57.0 Å². The van der Waals surface area contributed by atoms with Crippen LogP contribution >= 0.6 is 23.2 Å². The molecule has 3 aromatic rings. The molecule has 12 heteroatoms. The zero-order chi connectivity index (χ0) is 35.4. The zero-order valence-electron chi connectivity index (χ0n) is 29.0. The number of rotatable bonds is 7. The van der Waals surface area contributed by atoms with Crippen molar-refractivity contribution >= 4 is 52.1 Å². The molecule has 2 amide bonds. The molecule has 2 N–H and O–H groups in total. The number of amides is 2. The molecule has 47 heavy (non-hydrogen) atoms. The number of esters is 1. The van der Waals surface area contributed by atoms with E-state index in [9.17, 15) is 19.5 Å². The van der Waals surface area contributed by atoms with Crippen molar-refractivity contribution in [3.63, 3.8) is 0 Å². The van der Waals surface area contributed by atoms with Crippen molar-refractivity contribution in [1.82, 2.24) is 20.0 Å². The van der Waals surface area contributed by atoms with Gasteiger partial charge >= 0.3 is 12.1 Å². The molecule has 0 saturated carbocycles. The lowest BCUT2D eigenvalue weighted by Gasteiger charge is -2.38. The number of hydrogen-bond acceptors (Lipinski definition) is 7. The van der Waals surface area contributed by atoms with Gasteiger partial charge in [0.05, 0.1) is 30.7 Å². The summed E-state index contributed by atoms with van der Waals surface area (Å²) in [4.78, 5) is 38.2. The Morgan fingerprint density at radius 3 is 2.34 bits per heavy atom. The van der Waals surface area contributed by atoms with Crippen LogP contribution < -0.4 is 5.32 Å². The van der Waals surface area contributed by atoms with Crippen LogP contribution in [-0.2, 0) is 44.6 Å². The van der Waals surface area contributed by atoms with E-state index in [4.69, 9.17) is 27.9 Å². The van der Waals surface area contributed by atoms with Crippen LogP contribution in [0.3, 0.4) is 0 Å². The molecule has 0 saturated heterocycles. The van der Waals surface area contributed by atoms with Crippen LogP contribution in [0.1, 0.15) is 90.1 Å². The number of carbonyl (C=O) groups is 3. The molecule has 0 fully saturated rings. The predicted molar refractivity (Wildman–Crippen MR) is 185 cm³/mol. The summed E-state index contributed by atoms with van der Waals surface area (Å²) in [5.74, 6) is -0.185. The second-order valence-electron chi connectivity index (χ2n) is 13.8. The summed E-state index contributed by atoms with van der Waals surface area (Å²) in [6.45, 7) is 15.4. The lowest BCUT2D eigenvalue weighted by atomic mass is 9.84. The molecule has 0 spiro atoms. The van der Waals surface area contributed by atoms with E-state index in [2.05, 4.69) is 15.2 Å². The van der Waals surface area contributed by atoms with Gasteiger partial charge in [-0.15, -0.1) is 0 Å². The van der Waals surface area contributed by atoms with Gasteiger partial charge in [-0.3, -0.25) is 9.48 Å². The Labute approximate surface area is 287 Å². The average Bonchev–Trinajstić information content (AvgIpc) is 3.25. The van der Waals surface area contributed by atoms with Gasteiger partial charge in [0.25, 0.3) is 0 Å². The molecule has 1 aliphatic rings. The maximum absolute atomic E-state index is 13.3. The first kappa shape index (κ1) is 38.1. The van der Waals surface area contributed by atoms with E-state index >= 15 is 0 Å². The van der Waals surface area contributed by atoms with Crippen molar-refractivity contribution in [2.75, 3.05) is 13.7 Å². The Kier molecular flexibility index (Phi) is 12.4. The standard InChI is InChI=1S/C23H25Cl2N3O2.C12H23NO4/c1-13-14-6-5-7-17(23(2,3)30)15(14)10-11-28(13)20(29)12-16-18(24)8-9-19-21(16)22(25)26-27(19)4;1-8(2)7-9(10(14)16-6)13-11(15)17-12(3,4)5/h5-9,13,30H,10-12H2,1-4H3;8-9H,7H2,1-6H3,(H,13,15). The van der Waals surface area contributed by atoms with Crippen LogP contribution in [0, 0.1) is 5.92 Å². The molecule has 0 radical (unpaired) electrons. The maximum Gasteiger partial charge on any atom is 0.408 e. The van der Waals surface area contributed by atoms with E-state index in [0.29, 0.717) is 35.1 Å². The second kappa shape index (κ2) is 15.3. The van der Waals surface area contributed by atoms with Crippen LogP contribution in [0.5, 0.6) is 0 Å². The number of aryl methyl sites for hydroxylation is 1. The van der Waals surface area contributed by atoms with E-state index in [1.165, 1.54) is 7.11 Å². The van der Waals surface area contributed by atoms with Gasteiger partial charge in [0.2, 0.25) is 5.91 Å². The van der Waals surface area contributed by atoms with Gasteiger partial charge in [0.15, 0.2) is 5.15 Å². The van der Waals surface area contributed by atoms with E-state index in [1.54, 1.807) is 45.4 Å². The highest BCUT2D eigenvalue weighted by Gasteiger charge is 2.32. The van der Waals surface area contributed by atoms with Crippen LogP contribution in [0.4, 0.5) is 4.79 Å². The topological polar surface area (TPSA) is 123 Å². The Hall–Kier alpha value is -3.34. The Morgan fingerprint density at radius 2 is 1.77 bits per heavy atom. The first-order chi connectivity index (χ1) is 21.7. The Morgan fingerprint density at radius 1 is 1.11 bits per heavy atom. The minimum atomic E-state index is -0.919. The maximum atomic E-state index is 13.3. The van der Waals surface area contributed by atoms with Gasteiger partial charge in [-0.05, 0) is 94.7 Å². The smallest absolute Gasteiger partial charge is 0.408 e. The van der Waals surface area contributed by atoms with Gasteiger partial charge in [0.1, 0.15) is 11.6 Å². The number of aromatic nitrogens is 2. The summed E-state index contributed by atoms with van der Waals surface area (Å²) < 4.78 is 11.4. The number of nitrogens with zero attached hydrogens (tertiary/aromatic N) is 3. The molecule has 258 valence electrons. The highest BCUT2D eigenvalue weighted by molar-refractivity contribution is 6.37. The van der Waals surface area contributed by atoms with Crippen molar-refractivity contribution in [3.05, 3.63) is 62.8 Å². The third-order valence-electron chi connectivity index (χ3n) is 7.95. The van der Waals surface area contributed by atoms with Crippen LogP contribution in [0.25, 0.3) is 10.9 Å². The van der Waals surface area contributed by atoms with E-state index < -0.39 is 29.3 Å². The summed E-state index contributed by atoms with van der Waals surface area (Å²) in [6.07, 6.45) is 0.781. The van der Waals surface area contributed by atoms with Crippen LogP contribution in [0.2, 0.25) is 10.2 Å². The van der Waals surface area contributed by atoms with Crippen molar-refractivity contribution in [2.24, 2.45) is 13.0 Å². The quantitative estimate of drug-likeness (QED) is 0.259. The van der Waals surface area contributed by atoms with Crippen molar-refractivity contribution in [1.29, 1.82) is 0 Å². The Bertz CT molecular complexity index is 1610. The minimum absolute atomic E-state index is 0.00358. The molecule has 1 aromatic heterocycles. The number of aliphatic hydroxyl groups is 1. The Balaban J connectivity index is 0.000000303. The number of carbonyl (C=O) groups excluding carboxylic acids is 3. The van der Waals surface area contributed by atoms with E-state index in [0.717, 1.165) is 27.6 Å². The van der Waals surface area contributed by atoms with Gasteiger partial charge in [-0.2, -0.15) is 5.10 Å². The first-order valence-electron chi connectivity index (χ1n) is 15.8. The fourth-order valence-electron chi connectivity index (χ4n) is 5.83. The van der Waals surface area contributed by atoms with Crippen molar-refractivity contribution in [2.45, 2.75) is 97.9 Å². The highest BCUT2D eigenvalue weighted by atomic mass is 35.5. The van der Waals surface area contributed by atoms with Gasteiger partial charge in [-0.25, -0.2) is 9.59 Å². The van der Waals surface area contributed by atoms with Crippen LogP contribution in [-0.4, -0.2) is 63.1 Å². The van der Waals surface area contributed by atoms with Gasteiger partial charge in [0, 0.05) is 24.0 Å². The molecular formula is C35H48Cl2N4O6. The fraction of sp³-hybridized carbons (Fsp3) is 0.543. The molecule has 0 aliphatic carbocycles. The molecule has 1 aliphatic heterocycles. The molecule has 10 nitrogen and oxygen atoms in total. The monoisotopic (exact) mass is 690 g/mol. The first-order valence-corrected chi connectivity index (χ1v) is 16.5. The number of alkyl carbamates (subject to hydrolysis) is 1. The SMILES string of the molecule is CC1c2cccc(C(C)(C)O)c2CCN1C(=O)Cc1c(Cl)ccc2c1c(Cl)nn2C.COC(=O)C(CC(C)C)NC(=O)OC(C)(C)C.